The number of aromatic nitrogens is 2. The van der Waals surface area contributed by atoms with Crippen molar-refractivity contribution in [3.8, 4) is 22.2 Å². The third-order valence-corrected chi connectivity index (χ3v) is 3.04. The molecule has 0 aliphatic heterocycles. The van der Waals surface area contributed by atoms with Crippen LogP contribution in [0.25, 0.3) is 22.2 Å². The number of hydrogen-bond acceptors (Lipinski definition) is 4. The third kappa shape index (κ3) is 1.63. The monoisotopic (exact) mass is 228 g/mol. The largest absolute Gasteiger partial charge is 0.415 e. The number of benzene rings is 1. The minimum Gasteiger partial charge on any atom is -0.415 e. The Morgan fingerprint density at radius 3 is 2.44 bits per heavy atom. The molecule has 0 saturated heterocycles. The predicted molar refractivity (Wildman–Crippen MR) is 63.0 cm³/mol. The van der Waals surface area contributed by atoms with Gasteiger partial charge in [0.1, 0.15) is 0 Å². The van der Waals surface area contributed by atoms with Crippen LogP contribution in [0.1, 0.15) is 0 Å². The van der Waals surface area contributed by atoms with E-state index in [1.807, 2.05) is 47.8 Å². The number of thiophene rings is 1. The highest BCUT2D eigenvalue weighted by Gasteiger charge is 2.10. The van der Waals surface area contributed by atoms with Gasteiger partial charge in [-0.1, -0.05) is 24.3 Å². The van der Waals surface area contributed by atoms with E-state index in [2.05, 4.69) is 10.2 Å². The van der Waals surface area contributed by atoms with E-state index in [1.165, 1.54) is 0 Å². The molecule has 3 aromatic rings. The van der Waals surface area contributed by atoms with Gasteiger partial charge in [-0.05, 0) is 23.6 Å². The molecule has 3 nitrogen and oxygen atoms in total. The third-order valence-electron chi connectivity index (χ3n) is 2.18. The molecular formula is C12H8N2OS. The number of hydrogen-bond donors (Lipinski definition) is 0. The highest BCUT2D eigenvalue weighted by molar-refractivity contribution is 7.13. The van der Waals surface area contributed by atoms with Crippen LogP contribution in [0.4, 0.5) is 0 Å². The maximum atomic E-state index is 5.60. The molecule has 0 fully saturated rings. The summed E-state index contributed by atoms with van der Waals surface area (Å²) in [7, 11) is 0. The summed E-state index contributed by atoms with van der Waals surface area (Å²) in [4.78, 5) is 0.995. The molecule has 0 unspecified atom stereocenters. The van der Waals surface area contributed by atoms with Crippen molar-refractivity contribution in [1.29, 1.82) is 0 Å². The summed E-state index contributed by atoms with van der Waals surface area (Å²) in [6.45, 7) is 0. The first kappa shape index (κ1) is 9.30. The van der Waals surface area contributed by atoms with Crippen LogP contribution in [0, 0.1) is 0 Å². The van der Waals surface area contributed by atoms with Crippen molar-refractivity contribution in [2.75, 3.05) is 0 Å². The summed E-state index contributed by atoms with van der Waals surface area (Å²) in [5.74, 6) is 1.14. The van der Waals surface area contributed by atoms with Crippen molar-refractivity contribution in [3.63, 3.8) is 0 Å². The normalized spacial score (nSPS) is 10.5. The van der Waals surface area contributed by atoms with Gasteiger partial charge in [-0.2, -0.15) is 0 Å². The maximum absolute atomic E-state index is 5.60. The Kier molecular flexibility index (Phi) is 2.27. The number of nitrogens with zero attached hydrogens (tertiary/aromatic N) is 2. The van der Waals surface area contributed by atoms with Gasteiger partial charge in [0.2, 0.25) is 5.89 Å². The summed E-state index contributed by atoms with van der Waals surface area (Å²) in [6, 6.07) is 13.7. The second-order valence-electron chi connectivity index (χ2n) is 3.26. The summed E-state index contributed by atoms with van der Waals surface area (Å²) in [5.41, 5.74) is 0.942. The molecule has 78 valence electrons. The Hall–Kier alpha value is -1.94. The fourth-order valence-electron chi connectivity index (χ4n) is 1.42. The van der Waals surface area contributed by atoms with Crippen molar-refractivity contribution in [1.82, 2.24) is 10.2 Å². The van der Waals surface area contributed by atoms with Crippen LogP contribution in [0.5, 0.6) is 0 Å². The summed E-state index contributed by atoms with van der Waals surface area (Å²) >= 11 is 1.59. The van der Waals surface area contributed by atoms with Gasteiger partial charge >= 0.3 is 0 Å². The topological polar surface area (TPSA) is 38.9 Å². The molecule has 0 atom stereocenters. The summed E-state index contributed by atoms with van der Waals surface area (Å²) < 4.78 is 5.60. The fourth-order valence-corrected chi connectivity index (χ4v) is 2.06. The molecule has 4 heteroatoms. The van der Waals surface area contributed by atoms with E-state index in [-0.39, 0.29) is 0 Å². The molecule has 2 heterocycles. The Morgan fingerprint density at radius 2 is 1.69 bits per heavy atom. The van der Waals surface area contributed by atoms with Crippen LogP contribution >= 0.6 is 11.3 Å². The average Bonchev–Trinajstić information content (AvgIpc) is 3.01. The molecule has 1 aromatic carbocycles. The van der Waals surface area contributed by atoms with Crippen molar-refractivity contribution < 1.29 is 4.42 Å². The Morgan fingerprint density at radius 1 is 0.875 bits per heavy atom. The lowest BCUT2D eigenvalue weighted by Gasteiger charge is -1.91. The standard InChI is InChI=1S/C12H8N2OS/c1-2-5-9(6-3-1)11-13-14-12(15-11)10-7-4-8-16-10/h1-8H. The van der Waals surface area contributed by atoms with Crippen LogP contribution < -0.4 is 0 Å². The molecular weight excluding hydrogens is 220 g/mol. The maximum Gasteiger partial charge on any atom is 0.258 e. The van der Waals surface area contributed by atoms with Gasteiger partial charge in [0, 0.05) is 5.56 Å². The van der Waals surface area contributed by atoms with E-state index in [9.17, 15) is 0 Å². The molecule has 0 aliphatic rings. The van der Waals surface area contributed by atoms with Gasteiger partial charge in [0.05, 0.1) is 4.88 Å². The molecule has 0 saturated carbocycles. The minimum absolute atomic E-state index is 0.559. The van der Waals surface area contributed by atoms with Gasteiger partial charge < -0.3 is 4.42 Å². The molecule has 3 rings (SSSR count). The van der Waals surface area contributed by atoms with Crippen LogP contribution in [0.3, 0.4) is 0 Å². The molecule has 0 aliphatic carbocycles. The summed E-state index contributed by atoms with van der Waals surface area (Å²) in [5, 5.41) is 10.0. The first-order valence-electron chi connectivity index (χ1n) is 4.86. The van der Waals surface area contributed by atoms with E-state index in [1.54, 1.807) is 11.3 Å². The summed E-state index contributed by atoms with van der Waals surface area (Å²) in [6.07, 6.45) is 0. The van der Waals surface area contributed by atoms with Crippen LogP contribution in [0.15, 0.2) is 52.3 Å². The van der Waals surface area contributed by atoms with Gasteiger partial charge in [0.15, 0.2) is 0 Å². The second-order valence-corrected chi connectivity index (χ2v) is 4.20. The zero-order valence-electron chi connectivity index (χ0n) is 8.33. The van der Waals surface area contributed by atoms with E-state index in [0.29, 0.717) is 11.8 Å². The Balaban J connectivity index is 2.00. The molecule has 0 radical (unpaired) electrons. The average molecular weight is 228 g/mol. The van der Waals surface area contributed by atoms with Crippen molar-refractivity contribution in [2.45, 2.75) is 0 Å². The highest BCUT2D eigenvalue weighted by atomic mass is 32.1. The Bertz CT molecular complexity index is 572. The predicted octanol–water partition coefficient (Wildman–Crippen LogP) is 3.47. The fraction of sp³-hybridized carbons (Fsp3) is 0. The molecule has 0 N–H and O–H groups in total. The first-order chi connectivity index (χ1) is 7.93. The van der Waals surface area contributed by atoms with Crippen LogP contribution in [-0.4, -0.2) is 10.2 Å². The van der Waals surface area contributed by atoms with Gasteiger partial charge in [-0.3, -0.25) is 0 Å². The van der Waals surface area contributed by atoms with Crippen molar-refractivity contribution in [2.24, 2.45) is 0 Å². The molecule has 16 heavy (non-hydrogen) atoms. The van der Waals surface area contributed by atoms with E-state index < -0.39 is 0 Å². The lowest BCUT2D eigenvalue weighted by molar-refractivity contribution is 0.586. The zero-order chi connectivity index (χ0) is 10.8. The SMILES string of the molecule is c1ccc(-c2nnc(-c3cccs3)o2)cc1. The molecule has 0 amide bonds. The van der Waals surface area contributed by atoms with Crippen LogP contribution in [-0.2, 0) is 0 Å². The highest BCUT2D eigenvalue weighted by Crippen LogP contribution is 2.26. The van der Waals surface area contributed by atoms with E-state index >= 15 is 0 Å². The Labute approximate surface area is 96.4 Å². The van der Waals surface area contributed by atoms with Crippen molar-refractivity contribution in [3.05, 3.63) is 47.8 Å². The zero-order valence-corrected chi connectivity index (χ0v) is 9.15. The van der Waals surface area contributed by atoms with Crippen LogP contribution in [0.2, 0.25) is 0 Å². The smallest absolute Gasteiger partial charge is 0.258 e. The first-order valence-corrected chi connectivity index (χ1v) is 5.74. The van der Waals surface area contributed by atoms with Crippen molar-refractivity contribution >= 4 is 11.3 Å². The minimum atomic E-state index is 0.559. The number of rotatable bonds is 2. The van der Waals surface area contributed by atoms with Gasteiger partial charge in [-0.15, -0.1) is 21.5 Å². The quantitative estimate of drug-likeness (QED) is 0.674. The molecule has 2 aromatic heterocycles. The lowest BCUT2D eigenvalue weighted by Crippen LogP contribution is -1.75. The van der Waals surface area contributed by atoms with Gasteiger partial charge in [-0.25, -0.2) is 0 Å². The van der Waals surface area contributed by atoms with E-state index in [4.69, 9.17) is 4.42 Å². The molecule has 0 spiro atoms. The van der Waals surface area contributed by atoms with E-state index in [0.717, 1.165) is 10.4 Å². The lowest BCUT2D eigenvalue weighted by atomic mass is 10.2. The van der Waals surface area contributed by atoms with Gasteiger partial charge in [0.25, 0.3) is 5.89 Å². The molecule has 0 bridgehead atoms. The second kappa shape index (κ2) is 3.90.